The summed E-state index contributed by atoms with van der Waals surface area (Å²) in [6, 6.07) is 13.6. The highest BCUT2D eigenvalue weighted by Crippen LogP contribution is 2.23. The summed E-state index contributed by atoms with van der Waals surface area (Å²) in [5, 5.41) is 8.88. The molecular weight excluding hydrogens is 342 g/mol. The van der Waals surface area contributed by atoms with Crippen molar-refractivity contribution < 1.29 is 14.3 Å². The third-order valence-electron chi connectivity index (χ3n) is 3.81. The van der Waals surface area contributed by atoms with Crippen molar-refractivity contribution in [3.8, 4) is 5.75 Å². The van der Waals surface area contributed by atoms with Gasteiger partial charge >= 0.3 is 0 Å². The smallest absolute Gasteiger partial charge is 0.255 e. The topological polar surface area (TPSA) is 79.5 Å². The molecule has 6 heteroatoms. The van der Waals surface area contributed by atoms with E-state index < -0.39 is 0 Å². The fraction of sp³-hybridized carbons (Fsp3) is 0.333. The molecule has 0 aliphatic carbocycles. The van der Waals surface area contributed by atoms with Gasteiger partial charge in [-0.1, -0.05) is 12.1 Å². The molecular formula is C21H27N3O3. The number of rotatable bonds is 6. The normalized spacial score (nSPS) is 12.2. The molecule has 0 aromatic heterocycles. The quantitative estimate of drug-likeness (QED) is 0.726. The molecule has 2 aromatic rings. The van der Waals surface area contributed by atoms with Crippen LogP contribution in [0.2, 0.25) is 0 Å². The molecule has 6 nitrogen and oxygen atoms in total. The molecule has 0 radical (unpaired) electrons. The Morgan fingerprint density at radius 1 is 0.963 bits per heavy atom. The van der Waals surface area contributed by atoms with Gasteiger partial charge in [0.15, 0.2) is 0 Å². The lowest BCUT2D eigenvalue weighted by atomic mass is 10.1. The Morgan fingerprint density at radius 3 is 2.19 bits per heavy atom. The fourth-order valence-corrected chi connectivity index (χ4v) is 2.61. The lowest BCUT2D eigenvalue weighted by Gasteiger charge is -2.25. The Hall–Kier alpha value is -2.86. The number of carbonyl (C=O) groups excluding carboxylic acids is 2. The average Bonchev–Trinajstić information content (AvgIpc) is 2.61. The van der Waals surface area contributed by atoms with E-state index in [1.54, 1.807) is 43.5 Å². The molecule has 27 heavy (non-hydrogen) atoms. The molecule has 144 valence electrons. The van der Waals surface area contributed by atoms with Crippen molar-refractivity contribution in [3.63, 3.8) is 0 Å². The van der Waals surface area contributed by atoms with Crippen LogP contribution >= 0.6 is 0 Å². The Labute approximate surface area is 160 Å². The van der Waals surface area contributed by atoms with Crippen molar-refractivity contribution in [2.24, 2.45) is 0 Å². The van der Waals surface area contributed by atoms with Crippen LogP contribution in [-0.2, 0) is 4.79 Å². The van der Waals surface area contributed by atoms with Gasteiger partial charge in [0.25, 0.3) is 5.91 Å². The van der Waals surface area contributed by atoms with Crippen molar-refractivity contribution in [1.29, 1.82) is 0 Å². The van der Waals surface area contributed by atoms with E-state index in [0.29, 0.717) is 22.7 Å². The minimum absolute atomic E-state index is 0.129. The summed E-state index contributed by atoms with van der Waals surface area (Å²) in [4.78, 5) is 24.7. The molecule has 0 saturated heterocycles. The number of hydrogen-bond acceptors (Lipinski definition) is 4. The van der Waals surface area contributed by atoms with Gasteiger partial charge in [-0.15, -0.1) is 0 Å². The molecule has 0 saturated carbocycles. The fourth-order valence-electron chi connectivity index (χ4n) is 2.61. The van der Waals surface area contributed by atoms with Gasteiger partial charge < -0.3 is 20.7 Å². The standard InChI is InChI=1S/C21H27N3O3/c1-14(24-21(2,3)4)19(25)22-16-12-10-15(11-13-16)20(26)23-17-8-6-7-9-18(17)27-5/h6-14,24H,1-5H3,(H,22,25)(H,23,26). The molecule has 0 heterocycles. The lowest BCUT2D eigenvalue weighted by Crippen LogP contribution is -2.47. The summed E-state index contributed by atoms with van der Waals surface area (Å²) in [7, 11) is 1.55. The zero-order valence-electron chi connectivity index (χ0n) is 16.4. The highest BCUT2D eigenvalue weighted by molar-refractivity contribution is 6.05. The van der Waals surface area contributed by atoms with Gasteiger partial charge in [0.05, 0.1) is 18.8 Å². The Kier molecular flexibility index (Phi) is 6.58. The third kappa shape index (κ3) is 6.11. The number of methoxy groups -OCH3 is 1. The maximum Gasteiger partial charge on any atom is 0.255 e. The van der Waals surface area contributed by atoms with Crippen molar-refractivity contribution in [2.45, 2.75) is 39.3 Å². The SMILES string of the molecule is COc1ccccc1NC(=O)c1ccc(NC(=O)C(C)NC(C)(C)C)cc1. The first-order chi connectivity index (χ1) is 12.7. The molecule has 0 bridgehead atoms. The average molecular weight is 369 g/mol. The number of carbonyl (C=O) groups is 2. The maximum atomic E-state index is 12.4. The first-order valence-electron chi connectivity index (χ1n) is 8.82. The van der Waals surface area contributed by atoms with Gasteiger partial charge in [-0.05, 0) is 64.1 Å². The second kappa shape index (κ2) is 8.68. The summed E-state index contributed by atoms with van der Waals surface area (Å²) >= 11 is 0. The minimum Gasteiger partial charge on any atom is -0.495 e. The molecule has 2 aromatic carbocycles. The van der Waals surface area contributed by atoms with E-state index in [2.05, 4.69) is 16.0 Å². The van der Waals surface area contributed by atoms with Crippen LogP contribution in [0.25, 0.3) is 0 Å². The van der Waals surface area contributed by atoms with Crippen LogP contribution in [0.4, 0.5) is 11.4 Å². The highest BCUT2D eigenvalue weighted by Gasteiger charge is 2.19. The number of nitrogens with one attached hydrogen (secondary N) is 3. The number of anilines is 2. The van der Waals surface area contributed by atoms with Gasteiger partial charge in [0.2, 0.25) is 5.91 Å². The summed E-state index contributed by atoms with van der Waals surface area (Å²) in [6.45, 7) is 7.83. The lowest BCUT2D eigenvalue weighted by molar-refractivity contribution is -0.118. The molecule has 0 fully saturated rings. The molecule has 3 N–H and O–H groups in total. The van der Waals surface area contributed by atoms with E-state index in [-0.39, 0.29) is 23.4 Å². The number of para-hydroxylation sites is 2. The Bertz CT molecular complexity index is 795. The summed E-state index contributed by atoms with van der Waals surface area (Å²) in [5.41, 5.74) is 1.57. The number of hydrogen-bond donors (Lipinski definition) is 3. The van der Waals surface area contributed by atoms with Gasteiger partial charge in [-0.3, -0.25) is 9.59 Å². The molecule has 0 aliphatic rings. The second-order valence-electron chi connectivity index (χ2n) is 7.34. The highest BCUT2D eigenvalue weighted by atomic mass is 16.5. The van der Waals surface area contributed by atoms with E-state index in [1.807, 2.05) is 39.8 Å². The van der Waals surface area contributed by atoms with Crippen molar-refractivity contribution in [1.82, 2.24) is 5.32 Å². The van der Waals surface area contributed by atoms with Gasteiger partial charge in [0.1, 0.15) is 5.75 Å². The molecule has 2 amide bonds. The van der Waals surface area contributed by atoms with E-state index in [1.165, 1.54) is 0 Å². The first kappa shape index (κ1) is 20.5. The molecule has 0 spiro atoms. The van der Waals surface area contributed by atoms with Crippen molar-refractivity contribution in [3.05, 3.63) is 54.1 Å². The summed E-state index contributed by atoms with van der Waals surface area (Å²) in [6.07, 6.45) is 0. The zero-order valence-corrected chi connectivity index (χ0v) is 16.4. The van der Waals surface area contributed by atoms with Crippen molar-refractivity contribution in [2.75, 3.05) is 17.7 Å². The minimum atomic E-state index is -0.335. The van der Waals surface area contributed by atoms with Crippen LogP contribution < -0.4 is 20.7 Å². The Morgan fingerprint density at radius 2 is 1.59 bits per heavy atom. The molecule has 1 unspecified atom stereocenters. The van der Waals surface area contributed by atoms with Crippen LogP contribution in [0.5, 0.6) is 5.75 Å². The largest absolute Gasteiger partial charge is 0.495 e. The van der Waals surface area contributed by atoms with Crippen LogP contribution in [0, 0.1) is 0 Å². The Balaban J connectivity index is 2.00. The first-order valence-corrected chi connectivity index (χ1v) is 8.82. The van der Waals surface area contributed by atoms with Crippen LogP contribution in [-0.4, -0.2) is 30.5 Å². The van der Waals surface area contributed by atoms with Crippen molar-refractivity contribution >= 4 is 23.2 Å². The van der Waals surface area contributed by atoms with Crippen LogP contribution in [0.1, 0.15) is 38.1 Å². The number of amides is 2. The molecule has 2 rings (SSSR count). The van der Waals surface area contributed by atoms with Gasteiger partial charge in [-0.2, -0.15) is 0 Å². The van der Waals surface area contributed by atoms with Crippen LogP contribution in [0.15, 0.2) is 48.5 Å². The van der Waals surface area contributed by atoms with Gasteiger partial charge in [0, 0.05) is 16.8 Å². The third-order valence-corrected chi connectivity index (χ3v) is 3.81. The monoisotopic (exact) mass is 369 g/mol. The van der Waals surface area contributed by atoms with E-state index in [4.69, 9.17) is 4.74 Å². The maximum absolute atomic E-state index is 12.4. The van der Waals surface area contributed by atoms with E-state index in [0.717, 1.165) is 0 Å². The predicted molar refractivity (Wildman–Crippen MR) is 108 cm³/mol. The predicted octanol–water partition coefficient (Wildman–Crippen LogP) is 3.66. The zero-order chi connectivity index (χ0) is 20.0. The second-order valence-corrected chi connectivity index (χ2v) is 7.34. The number of benzene rings is 2. The molecule has 1 atom stereocenters. The van der Waals surface area contributed by atoms with Crippen LogP contribution in [0.3, 0.4) is 0 Å². The summed E-state index contributed by atoms with van der Waals surface area (Å²) in [5.74, 6) is 0.214. The summed E-state index contributed by atoms with van der Waals surface area (Å²) < 4.78 is 5.23. The van der Waals surface area contributed by atoms with E-state index in [9.17, 15) is 9.59 Å². The number of ether oxygens (including phenoxy) is 1. The van der Waals surface area contributed by atoms with Gasteiger partial charge in [-0.25, -0.2) is 0 Å². The van der Waals surface area contributed by atoms with E-state index >= 15 is 0 Å². The molecule has 0 aliphatic heterocycles.